The van der Waals surface area contributed by atoms with Crippen molar-refractivity contribution in [3.05, 3.63) is 82.7 Å². The number of ketones is 1. The predicted octanol–water partition coefficient (Wildman–Crippen LogP) is 5.11. The molecule has 0 amide bonds. The first-order valence-corrected chi connectivity index (χ1v) is 9.20. The first kappa shape index (κ1) is 15.3. The lowest BCUT2D eigenvalue weighted by molar-refractivity contribution is -0.116. The Hall–Kier alpha value is -2.94. The van der Waals surface area contributed by atoms with Gasteiger partial charge in [-0.1, -0.05) is 30.3 Å². The van der Waals surface area contributed by atoms with Crippen LogP contribution in [0.2, 0.25) is 0 Å². The molecule has 1 aromatic heterocycles. The van der Waals surface area contributed by atoms with E-state index in [0.717, 1.165) is 40.7 Å². The Morgan fingerprint density at radius 3 is 2.77 bits per heavy atom. The zero-order valence-corrected chi connectivity index (χ0v) is 14.8. The number of aryl methyl sites for hydroxylation is 1. The minimum Gasteiger partial charge on any atom is -0.358 e. The maximum absolute atomic E-state index is 12.9. The monoisotopic (exact) mass is 340 g/mol. The van der Waals surface area contributed by atoms with Crippen LogP contribution in [-0.4, -0.2) is 10.8 Å². The highest BCUT2D eigenvalue weighted by Gasteiger charge is 2.36. The second-order valence-corrected chi connectivity index (χ2v) is 7.18. The molecule has 0 bridgehead atoms. The topological polar surface area (TPSA) is 42.0 Å². The summed E-state index contributed by atoms with van der Waals surface area (Å²) in [4.78, 5) is 17.4. The van der Waals surface area contributed by atoms with Crippen molar-refractivity contribution in [3.63, 3.8) is 0 Å². The van der Waals surface area contributed by atoms with Gasteiger partial charge in [-0.15, -0.1) is 0 Å². The fourth-order valence-electron chi connectivity index (χ4n) is 4.42. The van der Waals surface area contributed by atoms with E-state index in [2.05, 4.69) is 59.7 Å². The molecule has 2 aliphatic rings. The van der Waals surface area contributed by atoms with Crippen molar-refractivity contribution in [1.29, 1.82) is 0 Å². The van der Waals surface area contributed by atoms with Crippen LogP contribution in [0.3, 0.4) is 0 Å². The van der Waals surface area contributed by atoms with Gasteiger partial charge in [0.2, 0.25) is 0 Å². The minimum absolute atomic E-state index is 0.000133. The molecule has 0 fully saturated rings. The summed E-state index contributed by atoms with van der Waals surface area (Å²) in [6, 6.07) is 16.7. The van der Waals surface area contributed by atoms with Gasteiger partial charge in [-0.3, -0.25) is 9.78 Å². The third kappa shape index (κ3) is 2.20. The number of hydrogen-bond donors (Lipinski definition) is 1. The maximum atomic E-state index is 12.9. The number of carbonyl (C=O) groups is 1. The highest BCUT2D eigenvalue weighted by atomic mass is 16.1. The number of Topliss-reactive ketones (excluding diaryl/α,β-unsaturated/α-hetero) is 1. The molecular weight excluding hydrogens is 320 g/mol. The normalized spacial score (nSPS) is 19.1. The van der Waals surface area contributed by atoms with Crippen molar-refractivity contribution in [3.8, 4) is 0 Å². The molecule has 1 aliphatic carbocycles. The molecule has 3 aromatic rings. The second kappa shape index (κ2) is 5.80. The lowest BCUT2D eigenvalue weighted by Crippen LogP contribution is -2.27. The smallest absolute Gasteiger partial charge is 0.161 e. The maximum Gasteiger partial charge on any atom is 0.161 e. The zero-order valence-electron chi connectivity index (χ0n) is 14.8. The van der Waals surface area contributed by atoms with Crippen LogP contribution in [0, 0.1) is 6.92 Å². The fraction of sp³-hybridized carbons (Fsp3) is 0.217. The van der Waals surface area contributed by atoms with Crippen LogP contribution in [0.15, 0.2) is 66.0 Å². The van der Waals surface area contributed by atoms with E-state index in [0.29, 0.717) is 6.42 Å². The molecule has 1 aliphatic heterocycles. The number of pyridine rings is 1. The number of hydrogen-bond acceptors (Lipinski definition) is 3. The molecule has 128 valence electrons. The lowest BCUT2D eigenvalue weighted by atomic mass is 9.74. The molecule has 3 heteroatoms. The molecule has 1 atom stereocenters. The molecule has 1 N–H and O–H groups in total. The van der Waals surface area contributed by atoms with E-state index in [-0.39, 0.29) is 11.7 Å². The summed E-state index contributed by atoms with van der Waals surface area (Å²) >= 11 is 0. The summed E-state index contributed by atoms with van der Waals surface area (Å²) in [5.74, 6) is 0.281. The van der Waals surface area contributed by atoms with E-state index < -0.39 is 0 Å². The van der Waals surface area contributed by atoms with Crippen molar-refractivity contribution in [2.45, 2.75) is 32.1 Å². The van der Waals surface area contributed by atoms with E-state index in [1.54, 1.807) is 0 Å². The molecule has 26 heavy (non-hydrogen) atoms. The summed E-state index contributed by atoms with van der Waals surface area (Å²) < 4.78 is 0. The number of aromatic nitrogens is 1. The van der Waals surface area contributed by atoms with Gasteiger partial charge in [0.05, 0.1) is 11.2 Å². The average Bonchev–Trinajstić information content (AvgIpc) is 2.67. The standard InChI is InChI=1S/C23H20N2O/c1-14-6-2-3-7-15(14)21-17-11-12-18-16(8-5-13-24-18)23(17)25-19-9-4-10-20(26)22(19)21/h2-3,5-8,11-13,21,25H,4,9-10H2,1H3/t21-/m0/s1. The molecule has 0 spiro atoms. The van der Waals surface area contributed by atoms with Gasteiger partial charge >= 0.3 is 0 Å². The van der Waals surface area contributed by atoms with E-state index in [9.17, 15) is 4.79 Å². The van der Waals surface area contributed by atoms with Crippen LogP contribution >= 0.6 is 0 Å². The van der Waals surface area contributed by atoms with Crippen LogP contribution in [-0.2, 0) is 4.79 Å². The Bertz CT molecular complexity index is 1080. The SMILES string of the molecule is Cc1ccccc1[C@@H]1C2=C(CCCC2=O)Nc2c1ccc1ncccc21. The van der Waals surface area contributed by atoms with Crippen LogP contribution in [0.1, 0.15) is 41.9 Å². The predicted molar refractivity (Wildman–Crippen MR) is 104 cm³/mol. The number of nitrogens with one attached hydrogen (secondary N) is 1. The number of allylic oxidation sites excluding steroid dienone is 2. The third-order valence-corrected chi connectivity index (χ3v) is 5.65. The minimum atomic E-state index is -0.000133. The van der Waals surface area contributed by atoms with Crippen molar-refractivity contribution in [2.24, 2.45) is 0 Å². The Morgan fingerprint density at radius 1 is 1.00 bits per heavy atom. The van der Waals surface area contributed by atoms with Crippen LogP contribution in [0.25, 0.3) is 10.9 Å². The van der Waals surface area contributed by atoms with E-state index >= 15 is 0 Å². The van der Waals surface area contributed by atoms with E-state index in [4.69, 9.17) is 0 Å². The molecule has 3 nitrogen and oxygen atoms in total. The van der Waals surface area contributed by atoms with Crippen LogP contribution < -0.4 is 5.32 Å². The van der Waals surface area contributed by atoms with Gasteiger partial charge < -0.3 is 5.32 Å². The Labute approximate surface area is 152 Å². The number of fused-ring (bicyclic) bond motifs is 3. The number of benzene rings is 2. The molecule has 2 aromatic carbocycles. The number of anilines is 1. The van der Waals surface area contributed by atoms with Crippen LogP contribution in [0.4, 0.5) is 5.69 Å². The molecule has 5 rings (SSSR count). The van der Waals surface area contributed by atoms with Crippen molar-refractivity contribution in [1.82, 2.24) is 4.98 Å². The Balaban J connectivity index is 1.83. The van der Waals surface area contributed by atoms with Crippen LogP contribution in [0.5, 0.6) is 0 Å². The summed E-state index contributed by atoms with van der Waals surface area (Å²) in [6.45, 7) is 2.13. The van der Waals surface area contributed by atoms with Gasteiger partial charge in [0, 0.05) is 35.2 Å². The highest BCUT2D eigenvalue weighted by molar-refractivity contribution is 6.04. The summed E-state index contributed by atoms with van der Waals surface area (Å²) in [5.41, 5.74) is 7.77. The van der Waals surface area contributed by atoms with E-state index in [1.807, 2.05) is 12.3 Å². The first-order valence-electron chi connectivity index (χ1n) is 9.20. The van der Waals surface area contributed by atoms with Gasteiger partial charge in [0.25, 0.3) is 0 Å². The molecule has 0 radical (unpaired) electrons. The van der Waals surface area contributed by atoms with Gasteiger partial charge in [-0.25, -0.2) is 0 Å². The zero-order chi connectivity index (χ0) is 17.7. The molecule has 2 heterocycles. The molecule has 0 unspecified atom stereocenters. The van der Waals surface area contributed by atoms with Crippen molar-refractivity contribution in [2.75, 3.05) is 5.32 Å². The summed E-state index contributed by atoms with van der Waals surface area (Å²) in [5, 5.41) is 4.73. The lowest BCUT2D eigenvalue weighted by Gasteiger charge is -2.35. The number of carbonyl (C=O) groups excluding carboxylic acids is 1. The molecular formula is C23H20N2O. The number of rotatable bonds is 1. The molecule has 0 saturated heterocycles. The van der Waals surface area contributed by atoms with Gasteiger partial charge in [-0.05, 0) is 54.7 Å². The van der Waals surface area contributed by atoms with Gasteiger partial charge in [0.1, 0.15) is 0 Å². The number of nitrogens with zero attached hydrogens (tertiary/aromatic N) is 1. The van der Waals surface area contributed by atoms with Gasteiger partial charge in [-0.2, -0.15) is 0 Å². The summed E-state index contributed by atoms with van der Waals surface area (Å²) in [6.07, 6.45) is 4.32. The van der Waals surface area contributed by atoms with Gasteiger partial charge in [0.15, 0.2) is 5.78 Å². The highest BCUT2D eigenvalue weighted by Crippen LogP contribution is 2.47. The third-order valence-electron chi connectivity index (χ3n) is 5.65. The Kier molecular flexibility index (Phi) is 3.42. The summed E-state index contributed by atoms with van der Waals surface area (Å²) in [7, 11) is 0. The second-order valence-electron chi connectivity index (χ2n) is 7.18. The Morgan fingerprint density at radius 2 is 1.88 bits per heavy atom. The molecule has 0 saturated carbocycles. The first-order chi connectivity index (χ1) is 12.7. The van der Waals surface area contributed by atoms with Crippen molar-refractivity contribution < 1.29 is 4.79 Å². The van der Waals surface area contributed by atoms with Crippen molar-refractivity contribution >= 4 is 22.4 Å². The average molecular weight is 340 g/mol. The largest absolute Gasteiger partial charge is 0.358 e. The fourth-order valence-corrected chi connectivity index (χ4v) is 4.42. The quantitative estimate of drug-likeness (QED) is 0.669. The van der Waals surface area contributed by atoms with E-state index in [1.165, 1.54) is 16.7 Å².